The number of nitrogens with zero attached hydrogens (tertiary/aromatic N) is 3. The van der Waals surface area contributed by atoms with E-state index in [0.29, 0.717) is 5.13 Å². The van der Waals surface area contributed by atoms with Crippen molar-refractivity contribution in [3.8, 4) is 27.6 Å². The van der Waals surface area contributed by atoms with E-state index in [4.69, 9.17) is 4.74 Å². The SMILES string of the molecule is COc1ccc(-c2nc(NC(=O)Cc3csc(-c4cccnc4)n3)sc2C)cc1. The van der Waals surface area contributed by atoms with Gasteiger partial charge in [-0.2, -0.15) is 0 Å². The zero-order chi connectivity index (χ0) is 20.2. The number of pyridine rings is 1. The molecule has 4 aromatic rings. The minimum Gasteiger partial charge on any atom is -0.497 e. The maximum absolute atomic E-state index is 12.5. The first-order chi connectivity index (χ1) is 14.1. The summed E-state index contributed by atoms with van der Waals surface area (Å²) < 4.78 is 5.20. The van der Waals surface area contributed by atoms with Gasteiger partial charge in [-0.3, -0.25) is 9.78 Å². The molecule has 1 aromatic carbocycles. The Balaban J connectivity index is 1.43. The fourth-order valence-corrected chi connectivity index (χ4v) is 4.47. The molecule has 0 atom stereocenters. The minimum absolute atomic E-state index is 0.136. The van der Waals surface area contributed by atoms with Crippen LogP contribution in [0.3, 0.4) is 0 Å². The first kappa shape index (κ1) is 19.2. The standard InChI is InChI=1S/C21H18N4O2S2/c1-13-19(14-5-7-17(27-2)8-6-14)25-21(29-13)24-18(26)10-16-12-28-20(23-16)15-4-3-9-22-11-15/h3-9,11-12H,10H2,1-2H3,(H,24,25,26). The number of benzene rings is 1. The van der Waals surface area contributed by atoms with Crippen molar-refractivity contribution in [3.05, 3.63) is 64.7 Å². The summed E-state index contributed by atoms with van der Waals surface area (Å²) in [4.78, 5) is 26.7. The molecule has 146 valence electrons. The normalized spacial score (nSPS) is 10.7. The molecule has 1 N–H and O–H groups in total. The summed E-state index contributed by atoms with van der Waals surface area (Å²) in [5, 5.41) is 6.23. The second kappa shape index (κ2) is 8.50. The fraction of sp³-hybridized carbons (Fsp3) is 0.143. The largest absolute Gasteiger partial charge is 0.497 e. The maximum Gasteiger partial charge on any atom is 0.232 e. The molecule has 0 aliphatic heterocycles. The van der Waals surface area contributed by atoms with Crippen LogP contribution in [0, 0.1) is 6.92 Å². The maximum atomic E-state index is 12.5. The van der Waals surface area contributed by atoms with E-state index < -0.39 is 0 Å². The van der Waals surface area contributed by atoms with Crippen molar-refractivity contribution in [3.63, 3.8) is 0 Å². The monoisotopic (exact) mass is 422 g/mol. The van der Waals surface area contributed by atoms with Gasteiger partial charge in [-0.1, -0.05) is 0 Å². The zero-order valence-electron chi connectivity index (χ0n) is 15.9. The molecule has 0 bridgehead atoms. The Bertz CT molecular complexity index is 1120. The molecule has 0 aliphatic rings. The average Bonchev–Trinajstić information content (AvgIpc) is 3.35. The second-order valence-electron chi connectivity index (χ2n) is 6.26. The van der Waals surface area contributed by atoms with Gasteiger partial charge in [-0.25, -0.2) is 9.97 Å². The summed E-state index contributed by atoms with van der Waals surface area (Å²) in [6.07, 6.45) is 3.69. The summed E-state index contributed by atoms with van der Waals surface area (Å²) in [5.41, 5.74) is 3.53. The number of nitrogens with one attached hydrogen (secondary N) is 1. The number of rotatable bonds is 6. The summed E-state index contributed by atoms with van der Waals surface area (Å²) in [7, 11) is 1.64. The molecular formula is C21H18N4O2S2. The number of hydrogen-bond acceptors (Lipinski definition) is 7. The lowest BCUT2D eigenvalue weighted by Crippen LogP contribution is -2.14. The van der Waals surface area contributed by atoms with E-state index in [9.17, 15) is 4.79 Å². The number of aromatic nitrogens is 3. The van der Waals surface area contributed by atoms with Gasteiger partial charge in [0.1, 0.15) is 10.8 Å². The molecule has 0 saturated heterocycles. The van der Waals surface area contributed by atoms with Crippen molar-refractivity contribution >= 4 is 33.7 Å². The lowest BCUT2D eigenvalue weighted by molar-refractivity contribution is -0.115. The molecule has 1 amide bonds. The van der Waals surface area contributed by atoms with E-state index in [0.717, 1.165) is 38.1 Å². The average molecular weight is 423 g/mol. The third-order valence-electron chi connectivity index (χ3n) is 4.21. The quantitative estimate of drug-likeness (QED) is 0.482. The molecule has 3 aromatic heterocycles. The van der Waals surface area contributed by atoms with Crippen LogP contribution in [0.2, 0.25) is 0 Å². The molecule has 3 heterocycles. The van der Waals surface area contributed by atoms with Crippen molar-refractivity contribution in [2.75, 3.05) is 12.4 Å². The topological polar surface area (TPSA) is 77.0 Å². The van der Waals surface area contributed by atoms with Crippen molar-refractivity contribution in [2.45, 2.75) is 13.3 Å². The zero-order valence-corrected chi connectivity index (χ0v) is 17.5. The van der Waals surface area contributed by atoms with Crippen LogP contribution in [0.15, 0.2) is 54.2 Å². The van der Waals surface area contributed by atoms with Gasteiger partial charge < -0.3 is 10.1 Å². The Labute approximate surface area is 176 Å². The van der Waals surface area contributed by atoms with E-state index >= 15 is 0 Å². The van der Waals surface area contributed by atoms with Gasteiger partial charge in [0.15, 0.2) is 5.13 Å². The number of ether oxygens (including phenoxy) is 1. The van der Waals surface area contributed by atoms with Gasteiger partial charge in [0.05, 0.1) is 24.9 Å². The Morgan fingerprint density at radius 2 is 1.97 bits per heavy atom. The lowest BCUT2D eigenvalue weighted by atomic mass is 10.1. The third-order valence-corrected chi connectivity index (χ3v) is 6.03. The van der Waals surface area contributed by atoms with Crippen LogP contribution < -0.4 is 10.1 Å². The van der Waals surface area contributed by atoms with Crippen LogP contribution in [0.1, 0.15) is 10.6 Å². The van der Waals surface area contributed by atoms with Crippen LogP contribution in [0.4, 0.5) is 5.13 Å². The smallest absolute Gasteiger partial charge is 0.232 e. The van der Waals surface area contributed by atoms with Gasteiger partial charge in [-0.05, 0) is 43.3 Å². The Kier molecular flexibility index (Phi) is 5.64. The Morgan fingerprint density at radius 3 is 2.69 bits per heavy atom. The molecule has 0 radical (unpaired) electrons. The molecule has 29 heavy (non-hydrogen) atoms. The highest BCUT2D eigenvalue weighted by Gasteiger charge is 2.14. The van der Waals surface area contributed by atoms with Gasteiger partial charge in [0, 0.05) is 33.8 Å². The van der Waals surface area contributed by atoms with Gasteiger partial charge >= 0.3 is 0 Å². The molecule has 6 nitrogen and oxygen atoms in total. The Morgan fingerprint density at radius 1 is 1.14 bits per heavy atom. The highest BCUT2D eigenvalue weighted by Crippen LogP contribution is 2.31. The van der Waals surface area contributed by atoms with E-state index in [-0.39, 0.29) is 12.3 Å². The third kappa shape index (κ3) is 4.49. The predicted octanol–water partition coefficient (Wildman–Crippen LogP) is 4.83. The summed E-state index contributed by atoms with van der Waals surface area (Å²) in [6.45, 7) is 1.99. The number of methoxy groups -OCH3 is 1. The Hall–Kier alpha value is -3.10. The molecule has 4 rings (SSSR count). The number of aryl methyl sites for hydroxylation is 1. The highest BCUT2D eigenvalue weighted by molar-refractivity contribution is 7.16. The molecule has 8 heteroatoms. The number of carbonyl (C=O) groups is 1. The van der Waals surface area contributed by atoms with Crippen molar-refractivity contribution in [1.29, 1.82) is 0 Å². The molecular weight excluding hydrogens is 404 g/mol. The second-order valence-corrected chi connectivity index (χ2v) is 8.32. The number of hydrogen-bond donors (Lipinski definition) is 1. The summed E-state index contributed by atoms with van der Waals surface area (Å²) >= 11 is 2.96. The van der Waals surface area contributed by atoms with E-state index in [2.05, 4.69) is 20.3 Å². The van der Waals surface area contributed by atoms with Crippen molar-refractivity contribution in [1.82, 2.24) is 15.0 Å². The number of anilines is 1. The van der Waals surface area contributed by atoms with E-state index in [1.807, 2.05) is 48.7 Å². The van der Waals surface area contributed by atoms with E-state index in [1.165, 1.54) is 22.7 Å². The molecule has 0 aliphatic carbocycles. The number of carbonyl (C=O) groups excluding carboxylic acids is 1. The predicted molar refractivity (Wildman–Crippen MR) is 117 cm³/mol. The van der Waals surface area contributed by atoms with Crippen molar-refractivity contribution in [2.24, 2.45) is 0 Å². The van der Waals surface area contributed by atoms with E-state index in [1.54, 1.807) is 19.5 Å². The van der Waals surface area contributed by atoms with Crippen LogP contribution in [-0.4, -0.2) is 28.0 Å². The fourth-order valence-electron chi connectivity index (χ4n) is 2.80. The van der Waals surface area contributed by atoms with Crippen LogP contribution in [0.25, 0.3) is 21.8 Å². The molecule has 0 spiro atoms. The number of amides is 1. The molecule has 0 unspecified atom stereocenters. The molecule has 0 saturated carbocycles. The first-order valence-corrected chi connectivity index (χ1v) is 10.6. The van der Waals surface area contributed by atoms with Crippen LogP contribution >= 0.6 is 22.7 Å². The highest BCUT2D eigenvalue weighted by atomic mass is 32.1. The van der Waals surface area contributed by atoms with Gasteiger partial charge in [0.2, 0.25) is 5.91 Å². The first-order valence-electron chi connectivity index (χ1n) is 8.89. The van der Waals surface area contributed by atoms with Crippen LogP contribution in [-0.2, 0) is 11.2 Å². The van der Waals surface area contributed by atoms with Crippen molar-refractivity contribution < 1.29 is 9.53 Å². The van der Waals surface area contributed by atoms with Gasteiger partial charge in [0.25, 0.3) is 0 Å². The van der Waals surface area contributed by atoms with Crippen LogP contribution in [0.5, 0.6) is 5.75 Å². The molecule has 0 fully saturated rings. The lowest BCUT2D eigenvalue weighted by Gasteiger charge is -2.02. The minimum atomic E-state index is -0.136. The summed E-state index contributed by atoms with van der Waals surface area (Å²) in [6, 6.07) is 11.5. The van der Waals surface area contributed by atoms with Gasteiger partial charge in [-0.15, -0.1) is 22.7 Å². The summed E-state index contributed by atoms with van der Waals surface area (Å²) in [5.74, 6) is 0.659. The number of thiazole rings is 2.